The quantitative estimate of drug-likeness (QED) is 0.557. The molecule has 130 valence electrons. The molecule has 6 heteroatoms. The summed E-state index contributed by atoms with van der Waals surface area (Å²) in [5.74, 6) is 1.67. The smallest absolute Gasteiger partial charge is 0.159 e. The maximum absolute atomic E-state index is 6.44. The largest absolute Gasteiger partial charge is 0.306 e. The van der Waals surface area contributed by atoms with Crippen molar-refractivity contribution >= 4 is 17.3 Å². The topological polar surface area (TPSA) is 55.1 Å². The molecular formula is C20H18ClN5. The molecule has 0 bridgehead atoms. The first-order chi connectivity index (χ1) is 12.8. The Morgan fingerprint density at radius 1 is 1.08 bits per heavy atom. The summed E-state index contributed by atoms with van der Waals surface area (Å²) in [5, 5.41) is 12.7. The molecule has 3 aromatic rings. The first-order valence-electron chi connectivity index (χ1n) is 8.43. The maximum atomic E-state index is 6.44. The number of nitrogens with zero attached hydrogens (tertiary/aromatic N) is 4. The number of aromatic nitrogens is 3. The SMILES string of the molecule is C=CCNCc1nnc2n1-c1ccccc1C(c1ccccc1Cl)=NC2. The summed E-state index contributed by atoms with van der Waals surface area (Å²) in [6, 6.07) is 15.9. The van der Waals surface area contributed by atoms with E-state index in [0.29, 0.717) is 24.7 Å². The Kier molecular flexibility index (Phi) is 4.65. The van der Waals surface area contributed by atoms with Crippen LogP contribution < -0.4 is 5.32 Å². The van der Waals surface area contributed by atoms with Crippen LogP contribution in [0.2, 0.25) is 5.02 Å². The van der Waals surface area contributed by atoms with Gasteiger partial charge in [0.2, 0.25) is 0 Å². The molecule has 5 nitrogen and oxygen atoms in total. The van der Waals surface area contributed by atoms with Gasteiger partial charge in [-0.05, 0) is 12.1 Å². The van der Waals surface area contributed by atoms with Crippen molar-refractivity contribution in [3.8, 4) is 5.69 Å². The average molecular weight is 364 g/mol. The van der Waals surface area contributed by atoms with E-state index in [2.05, 4.69) is 38.8 Å². The molecule has 4 rings (SSSR count). The van der Waals surface area contributed by atoms with E-state index in [9.17, 15) is 0 Å². The second kappa shape index (κ2) is 7.23. The first kappa shape index (κ1) is 16.7. The van der Waals surface area contributed by atoms with E-state index in [1.807, 2.05) is 42.5 Å². The van der Waals surface area contributed by atoms with Gasteiger partial charge in [-0.1, -0.05) is 54.1 Å². The van der Waals surface area contributed by atoms with Crippen molar-refractivity contribution in [1.82, 2.24) is 20.1 Å². The third-order valence-corrected chi connectivity index (χ3v) is 4.61. The minimum Gasteiger partial charge on any atom is -0.306 e. The van der Waals surface area contributed by atoms with Crippen LogP contribution in [0.4, 0.5) is 0 Å². The molecule has 2 heterocycles. The zero-order valence-electron chi connectivity index (χ0n) is 14.2. The van der Waals surface area contributed by atoms with Crippen LogP contribution in [0.25, 0.3) is 5.69 Å². The standard InChI is InChI=1S/C20H18ClN5/c1-2-11-22-12-18-24-25-19-13-23-20(14-7-3-5-9-16(14)21)15-8-4-6-10-17(15)26(18)19/h2-10,22H,1,11-13H2. The summed E-state index contributed by atoms with van der Waals surface area (Å²) >= 11 is 6.44. The molecule has 0 fully saturated rings. The van der Waals surface area contributed by atoms with Crippen molar-refractivity contribution in [2.24, 2.45) is 4.99 Å². The molecule has 0 saturated heterocycles. The summed E-state index contributed by atoms with van der Waals surface area (Å²) in [5.41, 5.74) is 3.83. The average Bonchev–Trinajstić information content (AvgIpc) is 2.99. The highest BCUT2D eigenvalue weighted by molar-refractivity contribution is 6.35. The molecule has 0 unspecified atom stereocenters. The lowest BCUT2D eigenvalue weighted by atomic mass is 10.0. The van der Waals surface area contributed by atoms with Gasteiger partial charge in [0, 0.05) is 22.7 Å². The minimum absolute atomic E-state index is 0.448. The van der Waals surface area contributed by atoms with E-state index in [4.69, 9.17) is 16.6 Å². The molecule has 1 aliphatic rings. The Bertz CT molecular complexity index is 989. The first-order valence-corrected chi connectivity index (χ1v) is 8.81. The van der Waals surface area contributed by atoms with E-state index in [1.165, 1.54) is 0 Å². The van der Waals surface area contributed by atoms with Gasteiger partial charge in [-0.25, -0.2) is 0 Å². The van der Waals surface area contributed by atoms with Crippen molar-refractivity contribution in [1.29, 1.82) is 0 Å². The second-order valence-corrected chi connectivity index (χ2v) is 6.36. The van der Waals surface area contributed by atoms with E-state index < -0.39 is 0 Å². The lowest BCUT2D eigenvalue weighted by Crippen LogP contribution is -2.17. The molecule has 0 aliphatic carbocycles. The molecule has 0 saturated carbocycles. The predicted molar refractivity (Wildman–Crippen MR) is 104 cm³/mol. The van der Waals surface area contributed by atoms with Gasteiger partial charge in [-0.2, -0.15) is 0 Å². The lowest BCUT2D eigenvalue weighted by Gasteiger charge is -2.14. The van der Waals surface area contributed by atoms with E-state index in [0.717, 1.165) is 34.2 Å². The number of fused-ring (bicyclic) bond motifs is 3. The fourth-order valence-electron chi connectivity index (χ4n) is 3.12. The van der Waals surface area contributed by atoms with Crippen LogP contribution in [0.1, 0.15) is 22.8 Å². The van der Waals surface area contributed by atoms with Crippen molar-refractivity contribution in [2.45, 2.75) is 13.1 Å². The maximum Gasteiger partial charge on any atom is 0.159 e. The Labute approximate surface area is 157 Å². The van der Waals surface area contributed by atoms with Crippen molar-refractivity contribution < 1.29 is 0 Å². The zero-order valence-corrected chi connectivity index (χ0v) is 14.9. The number of para-hydroxylation sites is 1. The zero-order chi connectivity index (χ0) is 17.9. The normalized spacial score (nSPS) is 12.7. The van der Waals surface area contributed by atoms with Gasteiger partial charge in [0.25, 0.3) is 0 Å². The van der Waals surface area contributed by atoms with Crippen LogP contribution in [-0.4, -0.2) is 27.0 Å². The molecule has 1 aliphatic heterocycles. The highest BCUT2D eigenvalue weighted by Crippen LogP contribution is 2.28. The van der Waals surface area contributed by atoms with Gasteiger partial charge < -0.3 is 5.32 Å². The summed E-state index contributed by atoms with van der Waals surface area (Å²) in [6.07, 6.45) is 1.83. The van der Waals surface area contributed by atoms with Crippen LogP contribution >= 0.6 is 11.6 Å². The molecule has 26 heavy (non-hydrogen) atoms. The number of benzene rings is 2. The molecule has 0 amide bonds. The molecule has 1 aromatic heterocycles. The lowest BCUT2D eigenvalue weighted by molar-refractivity contribution is 0.696. The van der Waals surface area contributed by atoms with Crippen LogP contribution in [0.3, 0.4) is 0 Å². The Morgan fingerprint density at radius 3 is 2.65 bits per heavy atom. The van der Waals surface area contributed by atoms with Crippen molar-refractivity contribution in [3.05, 3.63) is 89.0 Å². The summed E-state index contributed by atoms with van der Waals surface area (Å²) < 4.78 is 2.08. The van der Waals surface area contributed by atoms with Crippen LogP contribution in [0.15, 0.2) is 66.2 Å². The summed E-state index contributed by atoms with van der Waals surface area (Å²) in [6.45, 7) is 5.50. The Hall–Kier alpha value is -2.76. The minimum atomic E-state index is 0.448. The van der Waals surface area contributed by atoms with Gasteiger partial charge >= 0.3 is 0 Å². The van der Waals surface area contributed by atoms with E-state index in [-0.39, 0.29) is 0 Å². The summed E-state index contributed by atoms with van der Waals surface area (Å²) in [7, 11) is 0. The van der Waals surface area contributed by atoms with Crippen LogP contribution in [0.5, 0.6) is 0 Å². The third-order valence-electron chi connectivity index (χ3n) is 4.28. The van der Waals surface area contributed by atoms with E-state index >= 15 is 0 Å². The van der Waals surface area contributed by atoms with Gasteiger partial charge in [-0.15, -0.1) is 16.8 Å². The van der Waals surface area contributed by atoms with Gasteiger partial charge in [0.05, 0.1) is 17.9 Å². The highest BCUT2D eigenvalue weighted by atomic mass is 35.5. The van der Waals surface area contributed by atoms with Gasteiger partial charge in [-0.3, -0.25) is 9.56 Å². The van der Waals surface area contributed by atoms with Crippen LogP contribution in [-0.2, 0) is 13.1 Å². The number of nitrogens with one attached hydrogen (secondary N) is 1. The number of aliphatic imine (C=N–C) groups is 1. The number of halogens is 1. The molecule has 2 aromatic carbocycles. The van der Waals surface area contributed by atoms with Crippen molar-refractivity contribution in [2.75, 3.05) is 6.54 Å². The number of rotatable bonds is 5. The molecular weight excluding hydrogens is 346 g/mol. The fraction of sp³-hybridized carbons (Fsp3) is 0.150. The van der Waals surface area contributed by atoms with Gasteiger partial charge in [0.1, 0.15) is 6.54 Å². The Morgan fingerprint density at radius 2 is 1.85 bits per heavy atom. The summed E-state index contributed by atoms with van der Waals surface area (Å²) in [4.78, 5) is 4.82. The predicted octanol–water partition coefficient (Wildman–Crippen LogP) is 3.55. The Balaban J connectivity index is 1.84. The van der Waals surface area contributed by atoms with Gasteiger partial charge in [0.15, 0.2) is 11.6 Å². The van der Waals surface area contributed by atoms with E-state index in [1.54, 1.807) is 0 Å². The van der Waals surface area contributed by atoms with Crippen molar-refractivity contribution in [3.63, 3.8) is 0 Å². The molecule has 0 atom stereocenters. The molecule has 0 spiro atoms. The second-order valence-electron chi connectivity index (χ2n) is 5.95. The van der Waals surface area contributed by atoms with Crippen LogP contribution in [0, 0.1) is 0 Å². The number of hydrogen-bond acceptors (Lipinski definition) is 4. The molecule has 1 N–H and O–H groups in total. The molecule has 0 radical (unpaired) electrons. The monoisotopic (exact) mass is 363 g/mol. The third kappa shape index (κ3) is 2.96. The highest BCUT2D eigenvalue weighted by Gasteiger charge is 2.23. The fourth-order valence-corrected chi connectivity index (χ4v) is 3.35. The number of hydrogen-bond donors (Lipinski definition) is 1.